The first-order valence-corrected chi connectivity index (χ1v) is 2.07. The van der Waals surface area contributed by atoms with Crippen LogP contribution in [0.2, 0.25) is 0 Å². The van der Waals surface area contributed by atoms with Crippen molar-refractivity contribution in [2.75, 3.05) is 6.67 Å². The second-order valence-corrected chi connectivity index (χ2v) is 1.79. The maximum absolute atomic E-state index is 11.3. The Bertz CT molecular complexity index is 71.7. The molecule has 1 unspecified atom stereocenters. The zero-order valence-electron chi connectivity index (χ0n) is 4.37. The van der Waals surface area contributed by atoms with Gasteiger partial charge >= 0.3 is 0 Å². The predicted molar refractivity (Wildman–Crippen MR) is 22.6 cm³/mol. The fraction of sp³-hybridized carbons (Fsp3) is 1.00. The Hall–Kier alpha value is -0.250. The van der Waals surface area contributed by atoms with Gasteiger partial charge in [-0.05, 0) is 6.92 Å². The van der Waals surface area contributed by atoms with Crippen molar-refractivity contribution in [3.63, 3.8) is 0 Å². The molecule has 0 aromatic rings. The van der Waals surface area contributed by atoms with Gasteiger partial charge in [0.25, 0.3) is 6.43 Å². The molecule has 0 saturated carbocycles. The van der Waals surface area contributed by atoms with E-state index in [0.717, 1.165) is 6.92 Å². The minimum absolute atomic E-state index is 0.748. The minimum atomic E-state index is -3.01. The number of hydrogen-bond acceptors (Lipinski definition) is 1. The summed E-state index contributed by atoms with van der Waals surface area (Å²) in [7, 11) is 0. The van der Waals surface area contributed by atoms with E-state index in [4.69, 9.17) is 5.11 Å². The second-order valence-electron chi connectivity index (χ2n) is 1.79. The number of halogens is 3. The molecule has 0 saturated heterocycles. The van der Waals surface area contributed by atoms with E-state index < -0.39 is 18.7 Å². The molecule has 1 atom stereocenters. The molecule has 0 spiro atoms. The SMILES string of the molecule is CC(O)(CF)C(F)F. The first-order chi connectivity index (χ1) is 3.50. The van der Waals surface area contributed by atoms with E-state index >= 15 is 0 Å². The molecule has 0 heterocycles. The summed E-state index contributed by atoms with van der Waals surface area (Å²) >= 11 is 0. The van der Waals surface area contributed by atoms with Crippen LogP contribution in [0.1, 0.15) is 6.92 Å². The van der Waals surface area contributed by atoms with Gasteiger partial charge in [0.15, 0.2) is 5.60 Å². The fourth-order valence-corrected chi connectivity index (χ4v) is 0.0583. The lowest BCUT2D eigenvalue weighted by Gasteiger charge is -2.16. The summed E-state index contributed by atoms with van der Waals surface area (Å²) in [6, 6.07) is 0. The van der Waals surface area contributed by atoms with Crippen LogP contribution in [0.25, 0.3) is 0 Å². The molecular formula is C4H7F3O. The van der Waals surface area contributed by atoms with Crippen LogP contribution in [0.3, 0.4) is 0 Å². The third-order valence-electron chi connectivity index (χ3n) is 0.741. The molecule has 1 N–H and O–H groups in total. The number of hydrogen-bond donors (Lipinski definition) is 1. The molecular weight excluding hydrogens is 121 g/mol. The van der Waals surface area contributed by atoms with Crippen molar-refractivity contribution in [1.29, 1.82) is 0 Å². The molecule has 0 aromatic carbocycles. The standard InChI is InChI=1S/C4H7F3O/c1-4(8,2-5)3(6)7/h3,8H,2H2,1H3. The molecule has 4 heteroatoms. The summed E-state index contributed by atoms with van der Waals surface area (Å²) in [4.78, 5) is 0. The van der Waals surface area contributed by atoms with Gasteiger partial charge in [-0.3, -0.25) is 0 Å². The summed E-state index contributed by atoms with van der Waals surface area (Å²) in [5.74, 6) is 0. The first-order valence-electron chi connectivity index (χ1n) is 2.07. The quantitative estimate of drug-likeness (QED) is 0.587. The smallest absolute Gasteiger partial charge is 0.269 e. The Labute approximate surface area is 45.1 Å². The van der Waals surface area contributed by atoms with Gasteiger partial charge in [0.1, 0.15) is 6.67 Å². The van der Waals surface area contributed by atoms with Crippen molar-refractivity contribution in [3.8, 4) is 0 Å². The second kappa shape index (κ2) is 2.35. The van der Waals surface area contributed by atoms with E-state index in [9.17, 15) is 13.2 Å². The summed E-state index contributed by atoms with van der Waals surface area (Å²) < 4.78 is 33.9. The maximum Gasteiger partial charge on any atom is 0.269 e. The highest BCUT2D eigenvalue weighted by atomic mass is 19.3. The molecule has 0 aromatic heterocycles. The van der Waals surface area contributed by atoms with Crippen molar-refractivity contribution in [3.05, 3.63) is 0 Å². The molecule has 0 rings (SSSR count). The lowest BCUT2D eigenvalue weighted by Crippen LogP contribution is -2.35. The van der Waals surface area contributed by atoms with Gasteiger partial charge in [0.2, 0.25) is 0 Å². The predicted octanol–water partition coefficient (Wildman–Crippen LogP) is 0.972. The number of rotatable bonds is 2. The third-order valence-corrected chi connectivity index (χ3v) is 0.741. The zero-order chi connectivity index (χ0) is 6.78. The topological polar surface area (TPSA) is 20.2 Å². The normalized spacial score (nSPS) is 18.8. The van der Waals surface area contributed by atoms with E-state index in [1.807, 2.05) is 0 Å². The van der Waals surface area contributed by atoms with Crippen molar-refractivity contribution in [2.45, 2.75) is 19.0 Å². The van der Waals surface area contributed by atoms with Gasteiger partial charge in [0, 0.05) is 0 Å². The summed E-state index contributed by atoms with van der Waals surface area (Å²) in [6.07, 6.45) is -3.01. The van der Waals surface area contributed by atoms with Crippen molar-refractivity contribution >= 4 is 0 Å². The van der Waals surface area contributed by atoms with Crippen molar-refractivity contribution in [1.82, 2.24) is 0 Å². The fourth-order valence-electron chi connectivity index (χ4n) is 0.0583. The van der Waals surface area contributed by atoms with Gasteiger partial charge in [0.05, 0.1) is 0 Å². The highest BCUT2D eigenvalue weighted by molar-refractivity contribution is 4.73. The van der Waals surface area contributed by atoms with Gasteiger partial charge in [-0.2, -0.15) is 0 Å². The maximum atomic E-state index is 11.3. The number of aliphatic hydroxyl groups is 1. The van der Waals surface area contributed by atoms with Crippen LogP contribution in [-0.2, 0) is 0 Å². The van der Waals surface area contributed by atoms with Crippen LogP contribution in [0.5, 0.6) is 0 Å². The largest absolute Gasteiger partial charge is 0.381 e. The van der Waals surface area contributed by atoms with E-state index in [-0.39, 0.29) is 0 Å². The van der Waals surface area contributed by atoms with E-state index in [2.05, 4.69) is 0 Å². The third kappa shape index (κ3) is 1.69. The molecule has 0 aliphatic heterocycles. The zero-order valence-corrected chi connectivity index (χ0v) is 4.37. The molecule has 0 bridgehead atoms. The molecule has 0 amide bonds. The average molecular weight is 128 g/mol. The molecule has 50 valence electrons. The summed E-state index contributed by atoms with van der Waals surface area (Å²) in [6.45, 7) is -0.664. The first kappa shape index (κ1) is 7.75. The Morgan fingerprint density at radius 1 is 1.62 bits per heavy atom. The molecule has 0 fully saturated rings. The van der Waals surface area contributed by atoms with Crippen molar-refractivity contribution in [2.24, 2.45) is 0 Å². The number of alkyl halides is 3. The van der Waals surface area contributed by atoms with Crippen LogP contribution in [-0.4, -0.2) is 23.8 Å². The summed E-state index contributed by atoms with van der Waals surface area (Å²) in [5.41, 5.74) is -2.46. The van der Waals surface area contributed by atoms with Crippen molar-refractivity contribution < 1.29 is 18.3 Å². The average Bonchev–Trinajstić information content (AvgIpc) is 1.67. The Kier molecular flexibility index (Phi) is 2.27. The molecule has 8 heavy (non-hydrogen) atoms. The minimum Gasteiger partial charge on any atom is -0.381 e. The van der Waals surface area contributed by atoms with Crippen LogP contribution < -0.4 is 0 Å². The molecule has 0 radical (unpaired) electrons. The van der Waals surface area contributed by atoms with Crippen LogP contribution >= 0.6 is 0 Å². The highest BCUT2D eigenvalue weighted by Gasteiger charge is 2.31. The van der Waals surface area contributed by atoms with Crippen LogP contribution in [0, 0.1) is 0 Å². The summed E-state index contributed by atoms with van der Waals surface area (Å²) in [5, 5.41) is 8.28. The van der Waals surface area contributed by atoms with Gasteiger partial charge < -0.3 is 5.11 Å². The van der Waals surface area contributed by atoms with Gasteiger partial charge in [-0.15, -0.1) is 0 Å². The van der Waals surface area contributed by atoms with E-state index in [1.54, 1.807) is 0 Å². The van der Waals surface area contributed by atoms with Crippen LogP contribution in [0.4, 0.5) is 13.2 Å². The Morgan fingerprint density at radius 3 is 2.00 bits per heavy atom. The molecule has 0 aliphatic rings. The lowest BCUT2D eigenvalue weighted by molar-refractivity contribution is -0.0947. The highest BCUT2D eigenvalue weighted by Crippen LogP contribution is 2.14. The Morgan fingerprint density at radius 2 is 2.00 bits per heavy atom. The van der Waals surface area contributed by atoms with Gasteiger partial charge in [-0.1, -0.05) is 0 Å². The Balaban J connectivity index is 3.71. The van der Waals surface area contributed by atoms with E-state index in [0.29, 0.717) is 0 Å². The molecule has 0 aliphatic carbocycles. The van der Waals surface area contributed by atoms with Crippen LogP contribution in [0.15, 0.2) is 0 Å². The molecule has 1 nitrogen and oxygen atoms in total. The lowest BCUT2D eigenvalue weighted by atomic mass is 10.1. The van der Waals surface area contributed by atoms with Gasteiger partial charge in [-0.25, -0.2) is 13.2 Å². The monoisotopic (exact) mass is 128 g/mol. The van der Waals surface area contributed by atoms with E-state index in [1.165, 1.54) is 0 Å².